The van der Waals surface area contributed by atoms with Crippen molar-refractivity contribution in [3.05, 3.63) is 133 Å². The second-order valence-corrected chi connectivity index (χ2v) is 13.5. The predicted octanol–water partition coefficient (Wildman–Crippen LogP) is 6.56. The monoisotopic (exact) mass is 672 g/mol. The Morgan fingerprint density at radius 2 is 1.65 bits per heavy atom. The number of hydrogen-bond acceptors (Lipinski definition) is 9. The number of nitrogens with zero attached hydrogens (tertiary/aromatic N) is 5. The van der Waals surface area contributed by atoms with E-state index >= 15 is 0 Å². The lowest BCUT2D eigenvalue weighted by Gasteiger charge is -2.13. The fourth-order valence-electron chi connectivity index (χ4n) is 5.08. The van der Waals surface area contributed by atoms with Crippen LogP contribution in [-0.4, -0.2) is 65.3 Å². The Hall–Kier alpha value is -5.85. The molecule has 0 radical (unpaired) electrons. The molecule has 3 N–H and O–H groups in total. The smallest absolute Gasteiger partial charge is 0.269 e. The van der Waals surface area contributed by atoms with E-state index in [0.717, 1.165) is 23.5 Å². The highest BCUT2D eigenvalue weighted by molar-refractivity contribution is 7.90. The van der Waals surface area contributed by atoms with Crippen molar-refractivity contribution in [1.29, 1.82) is 0 Å². The van der Waals surface area contributed by atoms with Crippen molar-refractivity contribution in [2.75, 3.05) is 43.1 Å². The zero-order valence-electron chi connectivity index (χ0n) is 27.3. The van der Waals surface area contributed by atoms with Crippen LogP contribution in [0.2, 0.25) is 0 Å². The number of likely N-dealkylation sites (N-methyl/N-ethyl adjacent to an activating group) is 1. The standard InChI is InChI=1S/C37H36N8O3S/c1-26-11-14-31(42-37(46)27-12-15-30(16-13-27)38-18-7-8-19-44(2)3)22-33(26)43-35-23-34(40-25-41-35)29-21-28-17-20-45(36(28)39-24-29)49(47,48)32-9-5-4-6-10-32/h4-17,20-25,38H,18-19H2,1-3H3,(H,42,46)(H,40,41,43)/b8-7+. The average molecular weight is 673 g/mol. The maximum Gasteiger partial charge on any atom is 0.269 e. The molecule has 0 aliphatic carbocycles. The van der Waals surface area contributed by atoms with Crippen LogP contribution >= 0.6 is 0 Å². The summed E-state index contributed by atoms with van der Waals surface area (Å²) in [5, 5.41) is 10.3. The van der Waals surface area contributed by atoms with Gasteiger partial charge in [-0.3, -0.25) is 4.79 Å². The highest BCUT2D eigenvalue weighted by Gasteiger charge is 2.20. The van der Waals surface area contributed by atoms with Crippen molar-refractivity contribution >= 4 is 49.8 Å². The molecule has 0 fully saturated rings. The van der Waals surface area contributed by atoms with Crippen LogP contribution in [0.4, 0.5) is 22.9 Å². The molecule has 0 atom stereocenters. The van der Waals surface area contributed by atoms with E-state index in [-0.39, 0.29) is 10.8 Å². The van der Waals surface area contributed by atoms with Crippen LogP contribution in [0.5, 0.6) is 0 Å². The van der Waals surface area contributed by atoms with E-state index < -0.39 is 10.0 Å². The number of fused-ring (bicyclic) bond motifs is 1. The Balaban J connectivity index is 1.13. The molecule has 49 heavy (non-hydrogen) atoms. The predicted molar refractivity (Wildman–Crippen MR) is 195 cm³/mol. The average Bonchev–Trinajstić information content (AvgIpc) is 3.55. The van der Waals surface area contributed by atoms with E-state index in [2.05, 4.69) is 48.0 Å². The van der Waals surface area contributed by atoms with Gasteiger partial charge in [0.2, 0.25) is 0 Å². The molecule has 0 aliphatic rings. The van der Waals surface area contributed by atoms with Crippen molar-refractivity contribution in [1.82, 2.24) is 23.8 Å². The molecule has 6 rings (SSSR count). The maximum absolute atomic E-state index is 13.2. The van der Waals surface area contributed by atoms with Crippen molar-refractivity contribution in [2.45, 2.75) is 11.8 Å². The van der Waals surface area contributed by atoms with E-state index in [1.165, 1.54) is 16.5 Å². The Kier molecular flexibility index (Phi) is 9.79. The summed E-state index contributed by atoms with van der Waals surface area (Å²) in [5.74, 6) is 0.324. The van der Waals surface area contributed by atoms with Gasteiger partial charge in [-0.15, -0.1) is 0 Å². The van der Waals surface area contributed by atoms with E-state index in [1.807, 2.05) is 57.4 Å². The van der Waals surface area contributed by atoms with Gasteiger partial charge in [-0.25, -0.2) is 27.3 Å². The van der Waals surface area contributed by atoms with Crippen LogP contribution < -0.4 is 16.0 Å². The van der Waals surface area contributed by atoms with Gasteiger partial charge < -0.3 is 20.9 Å². The Bertz CT molecular complexity index is 2230. The summed E-state index contributed by atoms with van der Waals surface area (Å²) in [4.78, 5) is 28.6. The minimum absolute atomic E-state index is 0.186. The Morgan fingerprint density at radius 3 is 2.43 bits per heavy atom. The molecule has 12 heteroatoms. The highest BCUT2D eigenvalue weighted by Crippen LogP contribution is 2.28. The number of benzene rings is 3. The van der Waals surface area contributed by atoms with Crippen LogP contribution in [0.1, 0.15) is 15.9 Å². The van der Waals surface area contributed by atoms with Gasteiger partial charge in [0.05, 0.1) is 10.6 Å². The Morgan fingerprint density at radius 1 is 0.878 bits per heavy atom. The molecule has 0 unspecified atom stereocenters. The van der Waals surface area contributed by atoms with Gasteiger partial charge in [-0.2, -0.15) is 0 Å². The number of amides is 1. The van der Waals surface area contributed by atoms with Gasteiger partial charge >= 0.3 is 0 Å². The molecule has 248 valence electrons. The largest absolute Gasteiger partial charge is 0.382 e. The van der Waals surface area contributed by atoms with Gasteiger partial charge in [-0.05, 0) is 87.2 Å². The lowest BCUT2D eigenvalue weighted by molar-refractivity contribution is 0.102. The van der Waals surface area contributed by atoms with Crippen molar-refractivity contribution in [2.24, 2.45) is 0 Å². The zero-order chi connectivity index (χ0) is 34.4. The summed E-state index contributed by atoms with van der Waals surface area (Å²) < 4.78 is 27.6. The minimum atomic E-state index is -3.79. The summed E-state index contributed by atoms with van der Waals surface area (Å²) in [6.07, 6.45) is 8.73. The molecule has 0 spiro atoms. The second-order valence-electron chi connectivity index (χ2n) is 11.7. The molecule has 0 aliphatic heterocycles. The summed E-state index contributed by atoms with van der Waals surface area (Å²) in [5.41, 5.74) is 5.46. The Labute approximate surface area is 285 Å². The number of aryl methyl sites for hydroxylation is 1. The SMILES string of the molecule is Cc1ccc(NC(=O)c2ccc(NC/C=C/CN(C)C)cc2)cc1Nc1cc(-c2cnc3c(ccn3S(=O)(=O)c3ccccc3)c2)ncn1. The van der Waals surface area contributed by atoms with Crippen LogP contribution in [0.25, 0.3) is 22.3 Å². The molecule has 3 aromatic carbocycles. The molecule has 0 saturated heterocycles. The number of pyridine rings is 1. The number of nitrogens with one attached hydrogen (secondary N) is 3. The fourth-order valence-corrected chi connectivity index (χ4v) is 6.41. The van der Waals surface area contributed by atoms with Crippen molar-refractivity contribution in [3.63, 3.8) is 0 Å². The van der Waals surface area contributed by atoms with Crippen LogP contribution in [0.15, 0.2) is 127 Å². The van der Waals surface area contributed by atoms with Gasteiger partial charge in [0.25, 0.3) is 15.9 Å². The number of carbonyl (C=O) groups excluding carboxylic acids is 1. The van der Waals surface area contributed by atoms with Crippen LogP contribution in [0, 0.1) is 6.92 Å². The van der Waals surface area contributed by atoms with E-state index in [4.69, 9.17) is 0 Å². The number of carbonyl (C=O) groups is 1. The quantitative estimate of drug-likeness (QED) is 0.124. The molecule has 0 saturated carbocycles. The molecular formula is C37H36N8O3S. The summed E-state index contributed by atoms with van der Waals surface area (Å²) >= 11 is 0. The van der Waals surface area contributed by atoms with E-state index in [1.54, 1.807) is 60.8 Å². The molecule has 0 bridgehead atoms. The van der Waals surface area contributed by atoms with Gasteiger partial charge in [0.15, 0.2) is 5.65 Å². The minimum Gasteiger partial charge on any atom is -0.382 e. The number of hydrogen-bond donors (Lipinski definition) is 3. The normalized spacial score (nSPS) is 11.7. The third-order valence-corrected chi connectivity index (χ3v) is 9.40. The molecule has 3 heterocycles. The van der Waals surface area contributed by atoms with Crippen LogP contribution in [-0.2, 0) is 10.0 Å². The first kappa shape index (κ1) is 33.1. The number of rotatable bonds is 12. The van der Waals surface area contributed by atoms with Crippen molar-refractivity contribution in [3.8, 4) is 11.3 Å². The van der Waals surface area contributed by atoms with Gasteiger partial charge in [0.1, 0.15) is 12.1 Å². The van der Waals surface area contributed by atoms with Crippen molar-refractivity contribution < 1.29 is 13.2 Å². The highest BCUT2D eigenvalue weighted by atomic mass is 32.2. The summed E-state index contributed by atoms with van der Waals surface area (Å²) in [7, 11) is 0.255. The maximum atomic E-state index is 13.2. The third-order valence-electron chi connectivity index (χ3n) is 7.72. The third kappa shape index (κ3) is 7.83. The lowest BCUT2D eigenvalue weighted by atomic mass is 10.1. The molecule has 3 aromatic heterocycles. The first-order valence-corrected chi connectivity index (χ1v) is 17.0. The fraction of sp³-hybridized carbons (Fsp3) is 0.135. The van der Waals surface area contributed by atoms with E-state index in [9.17, 15) is 13.2 Å². The van der Waals surface area contributed by atoms with E-state index in [0.29, 0.717) is 45.9 Å². The molecule has 11 nitrogen and oxygen atoms in total. The van der Waals surface area contributed by atoms with Gasteiger partial charge in [0, 0.05) is 65.1 Å². The number of anilines is 4. The summed E-state index contributed by atoms with van der Waals surface area (Å²) in [6, 6.07) is 26.6. The lowest BCUT2D eigenvalue weighted by Crippen LogP contribution is -2.12. The molecular weight excluding hydrogens is 637 g/mol. The molecule has 6 aromatic rings. The van der Waals surface area contributed by atoms with Gasteiger partial charge in [-0.1, -0.05) is 36.4 Å². The second kappa shape index (κ2) is 14.5. The number of aromatic nitrogens is 4. The zero-order valence-corrected chi connectivity index (χ0v) is 28.1. The molecule has 1 amide bonds. The first-order valence-electron chi connectivity index (χ1n) is 15.6. The van der Waals surface area contributed by atoms with Crippen LogP contribution in [0.3, 0.4) is 0 Å². The summed E-state index contributed by atoms with van der Waals surface area (Å²) in [6.45, 7) is 3.55. The first-order chi connectivity index (χ1) is 23.7. The topological polar surface area (TPSA) is 134 Å².